The van der Waals surface area contributed by atoms with Crippen LogP contribution in [-0.4, -0.2) is 41.8 Å². The fraction of sp³-hybridized carbons (Fsp3) is 1.00. The first kappa shape index (κ1) is 9.37. The van der Waals surface area contributed by atoms with Gasteiger partial charge < -0.3 is 5.73 Å². The van der Waals surface area contributed by atoms with Crippen molar-refractivity contribution in [1.82, 2.24) is 10.2 Å². The van der Waals surface area contributed by atoms with Crippen molar-refractivity contribution in [2.24, 2.45) is 5.73 Å². The van der Waals surface area contributed by atoms with Gasteiger partial charge in [-0.05, 0) is 6.92 Å². The van der Waals surface area contributed by atoms with Crippen LogP contribution in [0.1, 0.15) is 6.92 Å². The van der Waals surface area contributed by atoms with Crippen LogP contribution in [0.3, 0.4) is 0 Å². The van der Waals surface area contributed by atoms with E-state index in [0.717, 1.165) is 0 Å². The second-order valence-corrected chi connectivity index (χ2v) is 2.88. The van der Waals surface area contributed by atoms with Crippen molar-refractivity contribution in [2.75, 3.05) is 19.6 Å². The minimum atomic E-state index is -0.608. The molecule has 0 aromatic carbocycles. The monoisotopic (exact) mass is 174 g/mol. The van der Waals surface area contributed by atoms with E-state index in [2.05, 4.69) is 5.32 Å². The number of nitrogens with one attached hydrogen (secondary N) is 1. The summed E-state index contributed by atoms with van der Waals surface area (Å²) >= 11 is 0. The Morgan fingerprint density at radius 3 is 3.00 bits per heavy atom. The van der Waals surface area contributed by atoms with E-state index in [0.29, 0.717) is 19.6 Å². The van der Waals surface area contributed by atoms with Gasteiger partial charge in [0, 0.05) is 18.0 Å². The van der Waals surface area contributed by atoms with E-state index in [1.54, 1.807) is 4.90 Å². The number of nitro groups is 1. The third kappa shape index (κ3) is 1.71. The van der Waals surface area contributed by atoms with E-state index in [1.165, 1.54) is 0 Å². The van der Waals surface area contributed by atoms with Crippen molar-refractivity contribution in [1.29, 1.82) is 0 Å². The van der Waals surface area contributed by atoms with Gasteiger partial charge in [-0.15, -0.1) is 0 Å². The summed E-state index contributed by atoms with van der Waals surface area (Å²) in [5, 5.41) is 13.5. The number of nitrogens with two attached hydrogens (primary N) is 1. The molecule has 0 amide bonds. The van der Waals surface area contributed by atoms with E-state index < -0.39 is 6.17 Å². The molecule has 12 heavy (non-hydrogen) atoms. The lowest BCUT2D eigenvalue weighted by molar-refractivity contribution is -0.543. The summed E-state index contributed by atoms with van der Waals surface area (Å²) in [5.41, 5.74) is 5.34. The molecule has 1 saturated heterocycles. The van der Waals surface area contributed by atoms with Crippen LogP contribution in [0.15, 0.2) is 0 Å². The summed E-state index contributed by atoms with van der Waals surface area (Å²) in [4.78, 5) is 12.0. The summed E-state index contributed by atoms with van der Waals surface area (Å²) in [5.74, 6) is 0. The highest BCUT2D eigenvalue weighted by Gasteiger charge is 2.37. The van der Waals surface area contributed by atoms with Gasteiger partial charge >= 0.3 is 0 Å². The van der Waals surface area contributed by atoms with Crippen LogP contribution in [0.5, 0.6) is 0 Å². The zero-order chi connectivity index (χ0) is 9.14. The topological polar surface area (TPSA) is 84.4 Å². The van der Waals surface area contributed by atoms with Crippen molar-refractivity contribution < 1.29 is 4.92 Å². The molecule has 1 heterocycles. The zero-order valence-corrected chi connectivity index (χ0v) is 7.06. The third-order valence-electron chi connectivity index (χ3n) is 2.11. The maximum absolute atomic E-state index is 10.5. The molecule has 2 unspecified atom stereocenters. The highest BCUT2D eigenvalue weighted by atomic mass is 16.6. The molecule has 3 N–H and O–H groups in total. The first-order chi connectivity index (χ1) is 5.66. The van der Waals surface area contributed by atoms with Crippen LogP contribution in [0.2, 0.25) is 0 Å². The molecule has 6 nitrogen and oxygen atoms in total. The minimum absolute atomic E-state index is 0.0592. The smallest absolute Gasteiger partial charge is 0.282 e. The molecule has 1 rings (SSSR count). The Balaban J connectivity index is 2.57. The normalized spacial score (nSPS) is 30.8. The molecule has 0 aliphatic carbocycles. The van der Waals surface area contributed by atoms with Crippen molar-refractivity contribution in [3.63, 3.8) is 0 Å². The Kier molecular flexibility index (Phi) is 2.96. The SMILES string of the molecule is CC1NCC([N+](=O)[O-])N1CCN. The number of hydrogen-bond acceptors (Lipinski definition) is 5. The quantitative estimate of drug-likeness (QED) is 0.414. The number of nitrogens with zero attached hydrogens (tertiary/aromatic N) is 2. The average molecular weight is 174 g/mol. The molecular formula is C6H14N4O2. The molecule has 0 saturated carbocycles. The van der Waals surface area contributed by atoms with Gasteiger partial charge in [0.15, 0.2) is 0 Å². The first-order valence-electron chi connectivity index (χ1n) is 3.99. The second-order valence-electron chi connectivity index (χ2n) is 2.88. The molecule has 2 atom stereocenters. The molecule has 0 spiro atoms. The summed E-state index contributed by atoms with van der Waals surface area (Å²) in [7, 11) is 0. The van der Waals surface area contributed by atoms with E-state index >= 15 is 0 Å². The summed E-state index contributed by atoms with van der Waals surface area (Å²) in [6, 6.07) is 0. The molecule has 0 aromatic heterocycles. The van der Waals surface area contributed by atoms with Gasteiger partial charge in [0.1, 0.15) is 0 Å². The molecule has 1 fully saturated rings. The van der Waals surface area contributed by atoms with Crippen molar-refractivity contribution in [3.8, 4) is 0 Å². The van der Waals surface area contributed by atoms with Crippen LogP contribution < -0.4 is 11.1 Å². The maximum atomic E-state index is 10.5. The molecule has 1 aliphatic heterocycles. The van der Waals surface area contributed by atoms with Gasteiger partial charge in [0.05, 0.1) is 12.7 Å². The van der Waals surface area contributed by atoms with Crippen LogP contribution in [0.4, 0.5) is 0 Å². The average Bonchev–Trinajstić information content (AvgIpc) is 2.34. The van der Waals surface area contributed by atoms with Crippen LogP contribution in [0.25, 0.3) is 0 Å². The van der Waals surface area contributed by atoms with E-state index in [-0.39, 0.29) is 11.1 Å². The highest BCUT2D eigenvalue weighted by Crippen LogP contribution is 2.09. The molecule has 0 aromatic rings. The van der Waals surface area contributed by atoms with Gasteiger partial charge in [-0.25, -0.2) is 4.90 Å². The molecule has 0 radical (unpaired) electrons. The third-order valence-corrected chi connectivity index (χ3v) is 2.11. The second kappa shape index (κ2) is 3.79. The predicted molar refractivity (Wildman–Crippen MR) is 44.0 cm³/mol. The number of hydrogen-bond donors (Lipinski definition) is 2. The lowest BCUT2D eigenvalue weighted by Crippen LogP contribution is -2.43. The molecule has 0 bridgehead atoms. The Bertz CT molecular complexity index is 175. The van der Waals surface area contributed by atoms with Gasteiger partial charge in [-0.3, -0.25) is 15.4 Å². The summed E-state index contributed by atoms with van der Waals surface area (Å²) < 4.78 is 0. The summed E-state index contributed by atoms with van der Waals surface area (Å²) in [6.45, 7) is 3.34. The molecule has 70 valence electrons. The van der Waals surface area contributed by atoms with Gasteiger partial charge in [0.25, 0.3) is 6.17 Å². The fourth-order valence-corrected chi connectivity index (χ4v) is 1.46. The zero-order valence-electron chi connectivity index (χ0n) is 7.06. The van der Waals surface area contributed by atoms with Crippen molar-refractivity contribution in [2.45, 2.75) is 19.3 Å². The van der Waals surface area contributed by atoms with Crippen molar-refractivity contribution in [3.05, 3.63) is 10.1 Å². The molecular weight excluding hydrogens is 160 g/mol. The van der Waals surface area contributed by atoms with Gasteiger partial charge in [-0.1, -0.05) is 0 Å². The van der Waals surface area contributed by atoms with Crippen LogP contribution in [-0.2, 0) is 0 Å². The summed E-state index contributed by atoms with van der Waals surface area (Å²) in [6.07, 6.45) is -0.549. The fourth-order valence-electron chi connectivity index (χ4n) is 1.46. The first-order valence-corrected chi connectivity index (χ1v) is 3.99. The van der Waals surface area contributed by atoms with Crippen molar-refractivity contribution >= 4 is 0 Å². The molecule has 6 heteroatoms. The van der Waals surface area contributed by atoms with Crippen LogP contribution in [0, 0.1) is 10.1 Å². The van der Waals surface area contributed by atoms with Crippen LogP contribution >= 0.6 is 0 Å². The Hall–Kier alpha value is -0.720. The van der Waals surface area contributed by atoms with E-state index in [4.69, 9.17) is 5.73 Å². The Morgan fingerprint density at radius 1 is 1.83 bits per heavy atom. The lowest BCUT2D eigenvalue weighted by atomic mass is 10.4. The maximum Gasteiger partial charge on any atom is 0.282 e. The number of rotatable bonds is 3. The lowest BCUT2D eigenvalue weighted by Gasteiger charge is -2.20. The Morgan fingerprint density at radius 2 is 2.50 bits per heavy atom. The Labute approximate surface area is 70.9 Å². The van der Waals surface area contributed by atoms with E-state index in [1.807, 2.05) is 6.92 Å². The van der Waals surface area contributed by atoms with Gasteiger partial charge in [0.2, 0.25) is 0 Å². The largest absolute Gasteiger partial charge is 0.329 e. The standard InChI is InChI=1S/C6H14N4O2/c1-5-8-4-6(10(11)12)9(5)3-2-7/h5-6,8H,2-4,7H2,1H3. The minimum Gasteiger partial charge on any atom is -0.329 e. The highest BCUT2D eigenvalue weighted by molar-refractivity contribution is 4.78. The predicted octanol–water partition coefficient (Wildman–Crippen LogP) is -1.20. The van der Waals surface area contributed by atoms with Gasteiger partial charge in [-0.2, -0.15) is 0 Å². The van der Waals surface area contributed by atoms with E-state index in [9.17, 15) is 10.1 Å². The molecule has 1 aliphatic rings.